The van der Waals surface area contributed by atoms with E-state index in [2.05, 4.69) is 15.9 Å². The Morgan fingerprint density at radius 3 is 2.09 bits per heavy atom. The van der Waals surface area contributed by atoms with Gasteiger partial charge in [0.25, 0.3) is 10.1 Å². The summed E-state index contributed by atoms with van der Waals surface area (Å²) in [5.41, 5.74) is -0.476. The molecule has 0 aromatic heterocycles. The fraction of sp³-hybridized carbons (Fsp3) is 0. The van der Waals surface area contributed by atoms with Crippen molar-refractivity contribution < 1.29 is 25.8 Å². The molecule has 0 fully saturated rings. The first-order valence-corrected chi connectivity index (χ1v) is 9.39. The summed E-state index contributed by atoms with van der Waals surface area (Å²) >= 11 is 2.93. The van der Waals surface area contributed by atoms with Crippen LogP contribution in [0.2, 0.25) is 0 Å². The predicted molar refractivity (Wildman–Crippen MR) is 80.7 cm³/mol. The smallest absolute Gasteiger partial charge is 0.282 e. The van der Waals surface area contributed by atoms with Gasteiger partial charge in [0.05, 0.1) is 9.37 Å². The zero-order valence-electron chi connectivity index (χ0n) is 10.7. The summed E-state index contributed by atoms with van der Waals surface area (Å²) in [6.45, 7) is 0. The third-order valence-electron chi connectivity index (χ3n) is 2.79. The Kier molecular flexibility index (Phi) is 4.42. The molecule has 0 atom stereocenters. The number of hydrogen-bond donors (Lipinski definition) is 2. The van der Waals surface area contributed by atoms with Gasteiger partial charge in [-0.1, -0.05) is 18.2 Å². The largest absolute Gasteiger partial charge is 0.295 e. The van der Waals surface area contributed by atoms with Crippen LogP contribution >= 0.6 is 15.9 Å². The van der Waals surface area contributed by atoms with Gasteiger partial charge in [-0.3, -0.25) is 4.55 Å². The SMILES string of the molecule is NS(=O)(=O)c1cccc(S(=O)(=O)O)c1-c1cccc(F)c1Br. The molecule has 118 valence electrons. The number of hydrogen-bond acceptors (Lipinski definition) is 4. The summed E-state index contributed by atoms with van der Waals surface area (Å²) in [6.07, 6.45) is 0. The summed E-state index contributed by atoms with van der Waals surface area (Å²) in [5, 5.41) is 5.08. The van der Waals surface area contributed by atoms with Crippen LogP contribution in [0.4, 0.5) is 4.39 Å². The molecule has 3 N–H and O–H groups in total. The third-order valence-corrected chi connectivity index (χ3v) is 5.45. The van der Waals surface area contributed by atoms with Crippen LogP contribution in [0.15, 0.2) is 50.7 Å². The van der Waals surface area contributed by atoms with Crippen LogP contribution in [0.5, 0.6) is 0 Å². The Morgan fingerprint density at radius 1 is 1.00 bits per heavy atom. The summed E-state index contributed by atoms with van der Waals surface area (Å²) in [7, 11) is -9.07. The molecule has 0 saturated carbocycles. The molecule has 0 amide bonds. The molecule has 0 saturated heterocycles. The Morgan fingerprint density at radius 2 is 1.55 bits per heavy atom. The van der Waals surface area contributed by atoms with E-state index in [1.807, 2.05) is 0 Å². The van der Waals surface area contributed by atoms with Crippen LogP contribution in [-0.2, 0) is 20.1 Å². The van der Waals surface area contributed by atoms with Crippen LogP contribution in [0.25, 0.3) is 11.1 Å². The number of halogens is 2. The average molecular weight is 410 g/mol. The minimum atomic E-state index is -4.76. The summed E-state index contributed by atoms with van der Waals surface area (Å²) < 4.78 is 69.3. The van der Waals surface area contributed by atoms with Gasteiger partial charge in [-0.2, -0.15) is 8.42 Å². The highest BCUT2D eigenvalue weighted by atomic mass is 79.9. The van der Waals surface area contributed by atoms with Gasteiger partial charge in [0.2, 0.25) is 10.0 Å². The molecule has 22 heavy (non-hydrogen) atoms. The van der Waals surface area contributed by atoms with E-state index in [1.165, 1.54) is 12.1 Å². The summed E-state index contributed by atoms with van der Waals surface area (Å²) in [5.74, 6) is -0.733. The van der Waals surface area contributed by atoms with E-state index in [9.17, 15) is 25.8 Å². The maximum atomic E-state index is 13.7. The van der Waals surface area contributed by atoms with Gasteiger partial charge >= 0.3 is 0 Å². The van der Waals surface area contributed by atoms with E-state index >= 15 is 0 Å². The highest BCUT2D eigenvalue weighted by Crippen LogP contribution is 2.38. The zero-order chi connectivity index (χ0) is 16.7. The fourth-order valence-corrected chi connectivity index (χ4v) is 3.95. The van der Waals surface area contributed by atoms with Crippen molar-refractivity contribution in [2.75, 3.05) is 0 Å². The highest BCUT2D eigenvalue weighted by molar-refractivity contribution is 9.10. The Bertz CT molecular complexity index is 907. The Hall–Kier alpha value is -1.33. The van der Waals surface area contributed by atoms with Crippen LogP contribution < -0.4 is 5.14 Å². The van der Waals surface area contributed by atoms with Gasteiger partial charge in [0, 0.05) is 11.1 Å². The van der Waals surface area contributed by atoms with Crippen LogP contribution in [-0.4, -0.2) is 21.4 Å². The molecular formula is C12H9BrFNO5S2. The normalized spacial score (nSPS) is 12.4. The molecule has 0 spiro atoms. The van der Waals surface area contributed by atoms with Crippen LogP contribution in [0.1, 0.15) is 0 Å². The van der Waals surface area contributed by atoms with Crippen LogP contribution in [0, 0.1) is 5.82 Å². The van der Waals surface area contributed by atoms with Gasteiger partial charge in [0.1, 0.15) is 10.7 Å². The van der Waals surface area contributed by atoms with Crippen molar-refractivity contribution in [3.63, 3.8) is 0 Å². The molecule has 0 heterocycles. The lowest BCUT2D eigenvalue weighted by atomic mass is 10.1. The van der Waals surface area contributed by atoms with Crippen molar-refractivity contribution in [2.45, 2.75) is 9.79 Å². The van der Waals surface area contributed by atoms with Crippen molar-refractivity contribution in [3.8, 4) is 11.1 Å². The summed E-state index contributed by atoms with van der Waals surface area (Å²) in [4.78, 5) is -1.24. The first-order chi connectivity index (χ1) is 10.0. The quantitative estimate of drug-likeness (QED) is 0.753. The van der Waals surface area contributed by atoms with E-state index < -0.39 is 41.3 Å². The van der Waals surface area contributed by atoms with E-state index in [0.717, 1.165) is 24.3 Å². The Labute approximate surface area is 134 Å². The number of primary sulfonamides is 1. The van der Waals surface area contributed by atoms with Crippen LogP contribution in [0.3, 0.4) is 0 Å². The molecule has 2 aromatic carbocycles. The predicted octanol–water partition coefficient (Wildman–Crippen LogP) is 2.15. The first kappa shape index (κ1) is 17.0. The maximum absolute atomic E-state index is 13.7. The number of rotatable bonds is 3. The molecule has 2 rings (SSSR count). The van der Waals surface area contributed by atoms with Gasteiger partial charge in [-0.05, 0) is 34.1 Å². The van der Waals surface area contributed by atoms with Crippen molar-refractivity contribution >= 4 is 36.1 Å². The zero-order valence-corrected chi connectivity index (χ0v) is 13.9. The van der Waals surface area contributed by atoms with Gasteiger partial charge < -0.3 is 0 Å². The lowest BCUT2D eigenvalue weighted by Gasteiger charge is -2.13. The minimum Gasteiger partial charge on any atom is -0.282 e. The van der Waals surface area contributed by atoms with Gasteiger partial charge in [-0.15, -0.1) is 0 Å². The molecule has 0 aliphatic carbocycles. The van der Waals surface area contributed by atoms with Gasteiger partial charge in [-0.25, -0.2) is 17.9 Å². The molecule has 0 radical (unpaired) electrons. The van der Waals surface area contributed by atoms with E-state index in [4.69, 9.17) is 5.14 Å². The molecule has 0 aliphatic heterocycles. The Balaban J connectivity index is 3.04. The molecule has 0 unspecified atom stereocenters. The van der Waals surface area contributed by atoms with Gasteiger partial charge in [0.15, 0.2) is 0 Å². The monoisotopic (exact) mass is 409 g/mol. The number of sulfonamides is 1. The molecule has 6 nitrogen and oxygen atoms in total. The molecule has 0 bridgehead atoms. The second kappa shape index (κ2) is 5.70. The number of nitrogens with two attached hydrogens (primary N) is 1. The average Bonchev–Trinajstić information content (AvgIpc) is 2.39. The molecule has 2 aromatic rings. The molecular weight excluding hydrogens is 401 g/mol. The van der Waals surface area contributed by atoms with Crippen molar-refractivity contribution in [1.82, 2.24) is 0 Å². The second-order valence-electron chi connectivity index (χ2n) is 4.25. The maximum Gasteiger partial charge on any atom is 0.295 e. The van der Waals surface area contributed by atoms with E-state index in [-0.39, 0.29) is 10.0 Å². The fourth-order valence-electron chi connectivity index (χ4n) is 1.93. The molecule has 0 aliphatic rings. The lowest BCUT2D eigenvalue weighted by Crippen LogP contribution is -2.15. The minimum absolute atomic E-state index is 0.0720. The lowest BCUT2D eigenvalue weighted by molar-refractivity contribution is 0.483. The van der Waals surface area contributed by atoms with E-state index in [1.54, 1.807) is 0 Å². The number of benzene rings is 2. The van der Waals surface area contributed by atoms with E-state index in [0.29, 0.717) is 0 Å². The topological polar surface area (TPSA) is 115 Å². The highest BCUT2D eigenvalue weighted by Gasteiger charge is 2.26. The second-order valence-corrected chi connectivity index (χ2v) is 7.96. The molecule has 10 heteroatoms. The van der Waals surface area contributed by atoms with Crippen molar-refractivity contribution in [3.05, 3.63) is 46.7 Å². The third kappa shape index (κ3) is 3.20. The van der Waals surface area contributed by atoms with Crippen molar-refractivity contribution in [2.24, 2.45) is 5.14 Å². The first-order valence-electron chi connectivity index (χ1n) is 5.61. The summed E-state index contributed by atoms with van der Waals surface area (Å²) in [6, 6.07) is 6.84. The van der Waals surface area contributed by atoms with Crippen molar-refractivity contribution in [1.29, 1.82) is 0 Å². The standard InChI is InChI=1S/C12H9BrFNO5S2/c13-12-7(3-1-4-8(12)14)11-9(21(15,16)17)5-2-6-10(11)22(18,19)20/h1-6H,(H2,15,16,17)(H,18,19,20).